The van der Waals surface area contributed by atoms with Crippen molar-refractivity contribution < 1.29 is 33.3 Å². The van der Waals surface area contributed by atoms with Crippen molar-refractivity contribution in [2.45, 2.75) is 12.3 Å². The highest BCUT2D eigenvalue weighted by Crippen LogP contribution is 2.48. The van der Waals surface area contributed by atoms with Crippen LogP contribution in [0.15, 0.2) is 47.7 Å². The Bertz CT molecular complexity index is 1080. The van der Waals surface area contributed by atoms with Gasteiger partial charge >= 0.3 is 5.97 Å². The number of allylic oxidation sites excluding steroid dienone is 2. The zero-order valence-corrected chi connectivity index (χ0v) is 16.1. The van der Waals surface area contributed by atoms with Crippen LogP contribution >= 0.6 is 0 Å². The van der Waals surface area contributed by atoms with E-state index in [1.54, 1.807) is 36.4 Å². The minimum Gasteiger partial charge on any atom is -0.493 e. The molecule has 0 N–H and O–H groups in total. The molecule has 0 amide bonds. The summed E-state index contributed by atoms with van der Waals surface area (Å²) in [5.74, 6) is -1.24. The SMILES string of the molecule is COc1ccc([C@@H]2CC(=O)OC3=C2C(=O)c2ccccc2C3=O)c(OC)c1OC. The fourth-order valence-electron chi connectivity index (χ4n) is 3.88. The lowest BCUT2D eigenvalue weighted by Crippen LogP contribution is -2.33. The van der Waals surface area contributed by atoms with Crippen LogP contribution < -0.4 is 14.2 Å². The van der Waals surface area contributed by atoms with Crippen LogP contribution in [0.3, 0.4) is 0 Å². The predicted octanol–water partition coefficient (Wildman–Crippen LogP) is 3.08. The Balaban J connectivity index is 1.94. The number of ketones is 2. The van der Waals surface area contributed by atoms with Gasteiger partial charge in [-0.15, -0.1) is 0 Å². The Morgan fingerprint density at radius 3 is 2.10 bits per heavy atom. The van der Waals surface area contributed by atoms with Gasteiger partial charge < -0.3 is 18.9 Å². The van der Waals surface area contributed by atoms with Crippen LogP contribution in [-0.2, 0) is 9.53 Å². The number of carbonyl (C=O) groups excluding carboxylic acids is 3. The molecule has 29 heavy (non-hydrogen) atoms. The van der Waals surface area contributed by atoms with Gasteiger partial charge in [0.15, 0.2) is 23.0 Å². The fourth-order valence-corrected chi connectivity index (χ4v) is 3.88. The third kappa shape index (κ3) is 2.77. The summed E-state index contributed by atoms with van der Waals surface area (Å²) in [5.41, 5.74) is 1.20. The lowest BCUT2D eigenvalue weighted by molar-refractivity contribution is -0.140. The number of carbonyl (C=O) groups is 3. The van der Waals surface area contributed by atoms with Gasteiger partial charge in [-0.05, 0) is 6.07 Å². The zero-order valence-electron chi connectivity index (χ0n) is 16.1. The quantitative estimate of drug-likeness (QED) is 0.737. The van der Waals surface area contributed by atoms with Gasteiger partial charge in [-0.1, -0.05) is 30.3 Å². The molecule has 2 aliphatic rings. The van der Waals surface area contributed by atoms with Crippen molar-refractivity contribution in [3.63, 3.8) is 0 Å². The largest absolute Gasteiger partial charge is 0.493 e. The Morgan fingerprint density at radius 2 is 1.48 bits per heavy atom. The van der Waals surface area contributed by atoms with Crippen LogP contribution in [0.25, 0.3) is 0 Å². The average Bonchev–Trinajstić information content (AvgIpc) is 2.75. The standard InChI is InChI=1S/C22H18O7/c1-26-15-9-8-13(20(27-2)21(15)28-3)14-10-16(23)29-22-17(14)18(24)11-6-4-5-7-12(11)19(22)25/h4-9,14H,10H2,1-3H3/t14-/m0/s1. The summed E-state index contributed by atoms with van der Waals surface area (Å²) in [6.45, 7) is 0. The highest BCUT2D eigenvalue weighted by Gasteiger charge is 2.44. The molecular weight excluding hydrogens is 376 g/mol. The maximum atomic E-state index is 13.3. The number of fused-ring (bicyclic) bond motifs is 1. The van der Waals surface area contributed by atoms with Crippen LogP contribution in [0.1, 0.15) is 38.6 Å². The maximum Gasteiger partial charge on any atom is 0.312 e. The molecule has 0 aromatic heterocycles. The first kappa shape index (κ1) is 18.7. The second-order valence-electron chi connectivity index (χ2n) is 6.60. The van der Waals surface area contributed by atoms with Crippen molar-refractivity contribution in [1.29, 1.82) is 0 Å². The molecule has 0 fully saturated rings. The summed E-state index contributed by atoms with van der Waals surface area (Å²) in [4.78, 5) is 38.5. The monoisotopic (exact) mass is 394 g/mol. The number of hydrogen-bond acceptors (Lipinski definition) is 7. The van der Waals surface area contributed by atoms with E-state index in [0.717, 1.165) is 0 Å². The molecule has 0 saturated heterocycles. The number of Topliss-reactive ketones (excluding diaryl/α,β-unsaturated/α-hetero) is 2. The summed E-state index contributed by atoms with van der Waals surface area (Å²) >= 11 is 0. The number of hydrogen-bond donors (Lipinski definition) is 0. The molecule has 148 valence electrons. The van der Waals surface area contributed by atoms with Gasteiger partial charge in [0, 0.05) is 22.6 Å². The first-order chi connectivity index (χ1) is 14.0. The first-order valence-corrected chi connectivity index (χ1v) is 8.93. The highest BCUT2D eigenvalue weighted by molar-refractivity contribution is 6.27. The number of rotatable bonds is 4. The molecule has 2 aromatic carbocycles. The van der Waals surface area contributed by atoms with Gasteiger partial charge in [0.25, 0.3) is 0 Å². The van der Waals surface area contributed by atoms with E-state index in [-0.39, 0.29) is 29.1 Å². The molecule has 1 aliphatic carbocycles. The van der Waals surface area contributed by atoms with Crippen molar-refractivity contribution in [2.24, 2.45) is 0 Å². The van der Waals surface area contributed by atoms with E-state index in [9.17, 15) is 14.4 Å². The third-order valence-electron chi connectivity index (χ3n) is 5.16. The number of ether oxygens (including phenoxy) is 4. The number of esters is 1. The summed E-state index contributed by atoms with van der Waals surface area (Å²) in [6.07, 6.45) is -0.105. The molecule has 0 unspecified atom stereocenters. The minimum atomic E-state index is -0.717. The van der Waals surface area contributed by atoms with E-state index in [1.165, 1.54) is 21.3 Å². The lowest BCUT2D eigenvalue weighted by atomic mass is 9.76. The van der Waals surface area contributed by atoms with E-state index >= 15 is 0 Å². The minimum absolute atomic E-state index is 0.105. The van der Waals surface area contributed by atoms with E-state index in [0.29, 0.717) is 28.4 Å². The van der Waals surface area contributed by atoms with Crippen molar-refractivity contribution in [3.8, 4) is 17.2 Å². The van der Waals surface area contributed by atoms with E-state index < -0.39 is 17.7 Å². The molecular formula is C22H18O7. The topological polar surface area (TPSA) is 88.1 Å². The van der Waals surface area contributed by atoms with Crippen molar-refractivity contribution in [2.75, 3.05) is 21.3 Å². The molecule has 7 heteroatoms. The lowest BCUT2D eigenvalue weighted by Gasteiger charge is -2.31. The van der Waals surface area contributed by atoms with Gasteiger partial charge in [0.05, 0.1) is 33.3 Å². The molecule has 0 saturated carbocycles. The first-order valence-electron chi connectivity index (χ1n) is 8.93. The van der Waals surface area contributed by atoms with Gasteiger partial charge in [-0.3, -0.25) is 14.4 Å². The third-order valence-corrected chi connectivity index (χ3v) is 5.16. The van der Waals surface area contributed by atoms with Gasteiger partial charge in [-0.25, -0.2) is 0 Å². The molecule has 0 radical (unpaired) electrons. The van der Waals surface area contributed by atoms with Crippen LogP contribution in [-0.4, -0.2) is 38.9 Å². The van der Waals surface area contributed by atoms with Crippen LogP contribution in [0.4, 0.5) is 0 Å². The molecule has 2 aromatic rings. The van der Waals surface area contributed by atoms with Crippen LogP contribution in [0, 0.1) is 0 Å². The smallest absolute Gasteiger partial charge is 0.312 e. The zero-order chi connectivity index (χ0) is 20.7. The molecule has 1 aliphatic heterocycles. The average molecular weight is 394 g/mol. The van der Waals surface area contributed by atoms with E-state index in [4.69, 9.17) is 18.9 Å². The Morgan fingerprint density at radius 1 is 0.828 bits per heavy atom. The Labute approximate surface area is 166 Å². The van der Waals surface area contributed by atoms with Crippen LogP contribution in [0.2, 0.25) is 0 Å². The Hall–Kier alpha value is -3.61. The highest BCUT2D eigenvalue weighted by atomic mass is 16.5. The molecule has 1 atom stereocenters. The van der Waals surface area contributed by atoms with Gasteiger partial charge in [-0.2, -0.15) is 0 Å². The molecule has 4 rings (SSSR count). The van der Waals surface area contributed by atoms with E-state index in [2.05, 4.69) is 0 Å². The molecule has 7 nitrogen and oxygen atoms in total. The van der Waals surface area contributed by atoms with Crippen LogP contribution in [0.5, 0.6) is 17.2 Å². The Kier molecular flexibility index (Phi) is 4.58. The van der Waals surface area contributed by atoms with Gasteiger partial charge in [0.1, 0.15) is 0 Å². The van der Waals surface area contributed by atoms with Gasteiger partial charge in [0.2, 0.25) is 11.5 Å². The van der Waals surface area contributed by atoms with Crippen molar-refractivity contribution >= 4 is 17.5 Å². The molecule has 0 bridgehead atoms. The second kappa shape index (κ2) is 7.09. The summed E-state index contributed by atoms with van der Waals surface area (Å²) in [6, 6.07) is 9.87. The summed E-state index contributed by atoms with van der Waals surface area (Å²) in [5, 5.41) is 0. The summed E-state index contributed by atoms with van der Waals surface area (Å²) in [7, 11) is 4.42. The number of benzene rings is 2. The van der Waals surface area contributed by atoms with E-state index in [1.807, 2.05) is 0 Å². The molecule has 0 spiro atoms. The predicted molar refractivity (Wildman–Crippen MR) is 102 cm³/mol. The van der Waals surface area contributed by atoms with Crippen molar-refractivity contribution in [3.05, 3.63) is 64.4 Å². The molecule has 1 heterocycles. The summed E-state index contributed by atoms with van der Waals surface area (Å²) < 4.78 is 21.5. The fraction of sp³-hybridized carbons (Fsp3) is 0.227. The maximum absolute atomic E-state index is 13.3. The second-order valence-corrected chi connectivity index (χ2v) is 6.60. The normalized spacial score (nSPS) is 18.0. The number of methoxy groups -OCH3 is 3. The van der Waals surface area contributed by atoms with Crippen molar-refractivity contribution in [1.82, 2.24) is 0 Å².